The highest BCUT2D eigenvalue weighted by Gasteiger charge is 2.29. The first-order chi connectivity index (χ1) is 9.09. The van der Waals surface area contributed by atoms with Gasteiger partial charge < -0.3 is 19.9 Å². The van der Waals surface area contributed by atoms with Gasteiger partial charge in [0.15, 0.2) is 0 Å². The lowest BCUT2D eigenvalue weighted by atomic mass is 10.0. The molecular formula is C15H23NO3. The number of β-amino-alcohol motifs (C(OH)–C–C–N with tert-alkyl or cyclic N) is 1. The molecule has 2 atom stereocenters. The third kappa shape index (κ3) is 4.20. The van der Waals surface area contributed by atoms with Crippen molar-refractivity contribution >= 4 is 0 Å². The first-order valence-corrected chi connectivity index (χ1v) is 6.78. The SMILES string of the molecule is Cc1ccccc1OCC(O)CNC1(C)CCOC1. The Morgan fingerprint density at radius 1 is 1.47 bits per heavy atom. The third-order valence-electron chi connectivity index (χ3n) is 3.51. The molecule has 4 nitrogen and oxygen atoms in total. The molecule has 2 unspecified atom stereocenters. The van der Waals surface area contributed by atoms with Gasteiger partial charge in [0.1, 0.15) is 18.5 Å². The first-order valence-electron chi connectivity index (χ1n) is 6.78. The molecule has 0 bridgehead atoms. The minimum atomic E-state index is -0.517. The van der Waals surface area contributed by atoms with Crippen LogP contribution in [0.3, 0.4) is 0 Å². The number of aliphatic hydroxyl groups excluding tert-OH is 1. The molecule has 1 fully saturated rings. The van der Waals surface area contributed by atoms with Crippen molar-refractivity contribution in [2.75, 3.05) is 26.4 Å². The van der Waals surface area contributed by atoms with Gasteiger partial charge in [-0.3, -0.25) is 0 Å². The molecule has 1 saturated heterocycles. The zero-order chi connectivity index (χ0) is 13.7. The standard InChI is InChI=1S/C15H23NO3/c1-12-5-3-4-6-14(12)19-10-13(17)9-16-15(2)7-8-18-11-15/h3-6,13,16-17H,7-11H2,1-2H3. The fourth-order valence-corrected chi connectivity index (χ4v) is 2.13. The Labute approximate surface area is 114 Å². The average molecular weight is 265 g/mol. The molecule has 0 aromatic heterocycles. The zero-order valence-corrected chi connectivity index (χ0v) is 11.7. The predicted octanol–water partition coefficient (Wildman–Crippen LogP) is 1.50. The lowest BCUT2D eigenvalue weighted by molar-refractivity contribution is 0.0941. The van der Waals surface area contributed by atoms with Crippen LogP contribution >= 0.6 is 0 Å². The highest BCUT2D eigenvalue weighted by Crippen LogP contribution is 2.18. The Bertz CT molecular complexity index is 402. The molecule has 0 radical (unpaired) electrons. The molecule has 4 heteroatoms. The topological polar surface area (TPSA) is 50.7 Å². The summed E-state index contributed by atoms with van der Waals surface area (Å²) in [4.78, 5) is 0. The number of aliphatic hydroxyl groups is 1. The molecule has 0 spiro atoms. The predicted molar refractivity (Wildman–Crippen MR) is 74.5 cm³/mol. The van der Waals surface area contributed by atoms with Crippen LogP contribution in [0.4, 0.5) is 0 Å². The largest absolute Gasteiger partial charge is 0.491 e. The molecule has 19 heavy (non-hydrogen) atoms. The van der Waals surface area contributed by atoms with E-state index >= 15 is 0 Å². The zero-order valence-electron chi connectivity index (χ0n) is 11.7. The number of ether oxygens (including phenoxy) is 2. The highest BCUT2D eigenvalue weighted by molar-refractivity contribution is 5.31. The van der Waals surface area contributed by atoms with E-state index in [0.29, 0.717) is 19.8 Å². The average Bonchev–Trinajstić information content (AvgIpc) is 2.83. The van der Waals surface area contributed by atoms with E-state index in [1.165, 1.54) is 0 Å². The second-order valence-electron chi connectivity index (χ2n) is 5.47. The summed E-state index contributed by atoms with van der Waals surface area (Å²) in [5.74, 6) is 0.831. The summed E-state index contributed by atoms with van der Waals surface area (Å²) in [6, 6.07) is 7.82. The van der Waals surface area contributed by atoms with Crippen molar-refractivity contribution in [2.24, 2.45) is 0 Å². The Kier molecular flexibility index (Phi) is 4.80. The number of para-hydroxylation sites is 1. The lowest BCUT2D eigenvalue weighted by Gasteiger charge is -2.25. The van der Waals surface area contributed by atoms with Gasteiger partial charge in [-0.15, -0.1) is 0 Å². The molecule has 1 aromatic carbocycles. The third-order valence-corrected chi connectivity index (χ3v) is 3.51. The van der Waals surface area contributed by atoms with Gasteiger partial charge in [-0.2, -0.15) is 0 Å². The van der Waals surface area contributed by atoms with Gasteiger partial charge in [0.2, 0.25) is 0 Å². The van der Waals surface area contributed by atoms with Gasteiger partial charge >= 0.3 is 0 Å². The normalized spacial score (nSPS) is 24.4. The van der Waals surface area contributed by atoms with Crippen molar-refractivity contribution in [2.45, 2.75) is 31.9 Å². The summed E-state index contributed by atoms with van der Waals surface area (Å²) in [7, 11) is 0. The van der Waals surface area contributed by atoms with E-state index in [1.54, 1.807) is 0 Å². The van der Waals surface area contributed by atoms with Crippen molar-refractivity contribution in [3.05, 3.63) is 29.8 Å². The van der Waals surface area contributed by atoms with Crippen molar-refractivity contribution in [3.8, 4) is 5.75 Å². The first kappa shape index (κ1) is 14.3. The van der Waals surface area contributed by atoms with Gasteiger partial charge in [0, 0.05) is 18.7 Å². The quantitative estimate of drug-likeness (QED) is 0.818. The fourth-order valence-electron chi connectivity index (χ4n) is 2.13. The van der Waals surface area contributed by atoms with Crippen molar-refractivity contribution in [3.63, 3.8) is 0 Å². The fraction of sp³-hybridized carbons (Fsp3) is 0.600. The Morgan fingerprint density at radius 2 is 2.26 bits per heavy atom. The number of aryl methyl sites for hydroxylation is 1. The molecule has 2 rings (SSSR count). The Morgan fingerprint density at radius 3 is 2.95 bits per heavy atom. The van der Waals surface area contributed by atoms with Crippen LogP contribution in [0.1, 0.15) is 18.9 Å². The summed E-state index contributed by atoms with van der Waals surface area (Å²) < 4.78 is 11.0. The maximum absolute atomic E-state index is 9.95. The highest BCUT2D eigenvalue weighted by atomic mass is 16.5. The number of benzene rings is 1. The van der Waals surface area contributed by atoms with Crippen molar-refractivity contribution < 1.29 is 14.6 Å². The van der Waals surface area contributed by atoms with Crippen LogP contribution in [0, 0.1) is 6.92 Å². The molecule has 1 aliphatic heterocycles. The van der Waals surface area contributed by atoms with E-state index in [9.17, 15) is 5.11 Å². The van der Waals surface area contributed by atoms with Gasteiger partial charge in [-0.05, 0) is 31.9 Å². The van der Waals surface area contributed by atoms with Gasteiger partial charge in [-0.25, -0.2) is 0 Å². The van der Waals surface area contributed by atoms with Crippen molar-refractivity contribution in [1.29, 1.82) is 0 Å². The van der Waals surface area contributed by atoms with E-state index < -0.39 is 6.10 Å². The number of rotatable bonds is 6. The van der Waals surface area contributed by atoms with E-state index in [0.717, 1.165) is 24.3 Å². The van der Waals surface area contributed by atoms with Crippen LogP contribution in [0.15, 0.2) is 24.3 Å². The number of hydrogen-bond acceptors (Lipinski definition) is 4. The van der Waals surface area contributed by atoms with Crippen LogP contribution in [0.2, 0.25) is 0 Å². The molecule has 0 saturated carbocycles. The van der Waals surface area contributed by atoms with Gasteiger partial charge in [-0.1, -0.05) is 18.2 Å². The van der Waals surface area contributed by atoms with Gasteiger partial charge in [0.25, 0.3) is 0 Å². The second kappa shape index (κ2) is 6.37. The van der Waals surface area contributed by atoms with Crippen LogP contribution in [-0.4, -0.2) is 43.1 Å². The molecule has 1 aliphatic rings. The number of nitrogens with one attached hydrogen (secondary N) is 1. The van der Waals surface area contributed by atoms with Gasteiger partial charge in [0.05, 0.1) is 6.61 Å². The van der Waals surface area contributed by atoms with E-state index in [-0.39, 0.29) is 5.54 Å². The Balaban J connectivity index is 1.73. The minimum absolute atomic E-state index is 0.0103. The molecule has 0 amide bonds. The summed E-state index contributed by atoms with van der Waals surface area (Å²) in [6.45, 7) is 6.43. The lowest BCUT2D eigenvalue weighted by Crippen LogP contribution is -2.47. The summed E-state index contributed by atoms with van der Waals surface area (Å²) in [6.07, 6.45) is 0.468. The van der Waals surface area contributed by atoms with Crippen molar-refractivity contribution in [1.82, 2.24) is 5.32 Å². The maximum atomic E-state index is 9.95. The molecule has 1 heterocycles. The molecular weight excluding hydrogens is 242 g/mol. The smallest absolute Gasteiger partial charge is 0.122 e. The van der Waals surface area contributed by atoms with Crippen LogP contribution in [0.5, 0.6) is 5.75 Å². The summed E-state index contributed by atoms with van der Waals surface area (Å²) in [5.41, 5.74) is 1.07. The van der Waals surface area contributed by atoms with Crippen LogP contribution < -0.4 is 10.1 Å². The maximum Gasteiger partial charge on any atom is 0.122 e. The molecule has 106 valence electrons. The number of hydrogen-bond donors (Lipinski definition) is 2. The summed E-state index contributed by atoms with van der Waals surface area (Å²) >= 11 is 0. The second-order valence-corrected chi connectivity index (χ2v) is 5.47. The molecule has 1 aromatic rings. The van der Waals surface area contributed by atoms with E-state index in [2.05, 4.69) is 12.2 Å². The minimum Gasteiger partial charge on any atom is -0.491 e. The van der Waals surface area contributed by atoms with Crippen LogP contribution in [-0.2, 0) is 4.74 Å². The molecule has 2 N–H and O–H groups in total. The van der Waals surface area contributed by atoms with E-state index in [4.69, 9.17) is 9.47 Å². The monoisotopic (exact) mass is 265 g/mol. The summed E-state index contributed by atoms with van der Waals surface area (Å²) in [5, 5.41) is 13.3. The Hall–Kier alpha value is -1.10. The van der Waals surface area contributed by atoms with E-state index in [1.807, 2.05) is 31.2 Å². The molecule has 0 aliphatic carbocycles. The van der Waals surface area contributed by atoms with Crippen LogP contribution in [0.25, 0.3) is 0 Å².